The van der Waals surface area contributed by atoms with Crippen molar-refractivity contribution in [3.63, 3.8) is 0 Å². The predicted molar refractivity (Wildman–Crippen MR) is 165 cm³/mol. The molecule has 0 unspecified atom stereocenters. The van der Waals surface area contributed by atoms with Gasteiger partial charge in [0.15, 0.2) is 11.6 Å². The van der Waals surface area contributed by atoms with Crippen LogP contribution in [0, 0.1) is 23.5 Å². The number of piperidine rings is 1. The number of halogens is 2. The first-order valence-corrected chi connectivity index (χ1v) is 14.7. The molecular weight excluding hydrogens is 562 g/mol. The molecule has 8 nitrogen and oxygen atoms in total. The van der Waals surface area contributed by atoms with Crippen LogP contribution in [0.1, 0.15) is 54.2 Å². The number of carbonyl (C=O) groups excluding carboxylic acids is 1. The van der Waals surface area contributed by atoms with Crippen molar-refractivity contribution < 1.29 is 13.6 Å². The van der Waals surface area contributed by atoms with Crippen molar-refractivity contribution in [3.8, 4) is 11.8 Å². The minimum atomic E-state index is -0.997. The molecule has 5 aromatic rings. The number of rotatable bonds is 6. The summed E-state index contributed by atoms with van der Waals surface area (Å²) in [5, 5.41) is 3.66. The number of benzene rings is 2. The van der Waals surface area contributed by atoms with Gasteiger partial charge in [0.05, 0.1) is 36.6 Å². The number of hydrogen-bond acceptors (Lipinski definition) is 5. The van der Waals surface area contributed by atoms with Crippen LogP contribution >= 0.6 is 0 Å². The number of nitrogens with one attached hydrogen (secondary N) is 1. The fourth-order valence-corrected chi connectivity index (χ4v) is 5.79. The Labute approximate surface area is 253 Å². The highest BCUT2D eigenvalue weighted by Crippen LogP contribution is 2.31. The highest BCUT2D eigenvalue weighted by atomic mass is 19.2. The highest BCUT2D eigenvalue weighted by Gasteiger charge is 2.24. The molecule has 0 aliphatic carbocycles. The lowest BCUT2D eigenvalue weighted by atomic mass is 10.0. The standard InChI is InChI=1S/C34H32F2N6O2/c1-22(2)40-15-11-25(12-16-40)42-21-39-31-19-38-30-10-8-23(17-27(30)32(31)42)5-3-13-37-33(43)26-6-4-14-41(34(26)44)20-24-7-9-28(35)29(36)18-24/h4,6-10,14,17-19,21-22,25H,11-13,15-16,20H2,1-2H3,(H,37,43). The average molecular weight is 595 g/mol. The van der Waals surface area contributed by atoms with Crippen LogP contribution in [0.5, 0.6) is 0 Å². The third kappa shape index (κ3) is 5.96. The summed E-state index contributed by atoms with van der Waals surface area (Å²) >= 11 is 0. The van der Waals surface area contributed by atoms with Crippen LogP contribution in [0.25, 0.3) is 21.9 Å². The molecule has 0 radical (unpaired) electrons. The molecule has 2 aromatic carbocycles. The van der Waals surface area contributed by atoms with E-state index in [0.717, 1.165) is 65.6 Å². The summed E-state index contributed by atoms with van der Waals surface area (Å²) < 4.78 is 30.4. The van der Waals surface area contributed by atoms with E-state index in [0.29, 0.717) is 17.6 Å². The van der Waals surface area contributed by atoms with Gasteiger partial charge in [0.1, 0.15) is 11.1 Å². The van der Waals surface area contributed by atoms with Crippen molar-refractivity contribution >= 4 is 27.8 Å². The summed E-state index contributed by atoms with van der Waals surface area (Å²) in [7, 11) is 0. The summed E-state index contributed by atoms with van der Waals surface area (Å²) in [5.74, 6) is 3.55. The molecule has 0 bridgehead atoms. The molecular formula is C34H32F2N6O2. The van der Waals surface area contributed by atoms with E-state index < -0.39 is 23.1 Å². The Balaban J connectivity index is 1.16. The van der Waals surface area contributed by atoms with Gasteiger partial charge >= 0.3 is 0 Å². The smallest absolute Gasteiger partial charge is 0.263 e. The topological polar surface area (TPSA) is 85.1 Å². The van der Waals surface area contributed by atoms with E-state index >= 15 is 0 Å². The number of nitrogens with zero attached hydrogens (tertiary/aromatic N) is 5. The van der Waals surface area contributed by atoms with Gasteiger partial charge in [-0.25, -0.2) is 13.8 Å². The second-order valence-electron chi connectivity index (χ2n) is 11.3. The van der Waals surface area contributed by atoms with Gasteiger partial charge in [-0.1, -0.05) is 17.9 Å². The summed E-state index contributed by atoms with van der Waals surface area (Å²) in [6.45, 7) is 6.61. The van der Waals surface area contributed by atoms with Crippen LogP contribution in [0.4, 0.5) is 8.78 Å². The van der Waals surface area contributed by atoms with Gasteiger partial charge in [0.25, 0.3) is 11.5 Å². The van der Waals surface area contributed by atoms with Crippen molar-refractivity contribution in [3.05, 3.63) is 106 Å². The normalized spacial score (nSPS) is 14.2. The van der Waals surface area contributed by atoms with E-state index in [2.05, 4.69) is 50.4 Å². The molecule has 1 N–H and O–H groups in total. The average Bonchev–Trinajstić information content (AvgIpc) is 3.47. The van der Waals surface area contributed by atoms with Crippen LogP contribution in [-0.4, -0.2) is 55.6 Å². The van der Waals surface area contributed by atoms with Gasteiger partial charge in [-0.2, -0.15) is 0 Å². The van der Waals surface area contributed by atoms with E-state index in [1.54, 1.807) is 6.07 Å². The molecule has 44 heavy (non-hydrogen) atoms. The lowest BCUT2D eigenvalue weighted by Crippen LogP contribution is -2.38. The van der Waals surface area contributed by atoms with Gasteiger partial charge in [-0.15, -0.1) is 0 Å². The van der Waals surface area contributed by atoms with E-state index in [4.69, 9.17) is 0 Å². The number of hydrogen-bond donors (Lipinski definition) is 1. The molecule has 1 fully saturated rings. The Kier molecular flexibility index (Phi) is 8.22. The maximum Gasteiger partial charge on any atom is 0.263 e. The van der Waals surface area contributed by atoms with Gasteiger partial charge in [-0.3, -0.25) is 14.6 Å². The number of carbonyl (C=O) groups is 1. The number of imidazole rings is 1. The lowest BCUT2D eigenvalue weighted by molar-refractivity contribution is 0.0956. The molecule has 4 heterocycles. The minimum absolute atomic E-state index is 0.00289. The number of pyridine rings is 2. The molecule has 1 saturated heterocycles. The van der Waals surface area contributed by atoms with Crippen molar-refractivity contribution in [1.29, 1.82) is 0 Å². The van der Waals surface area contributed by atoms with E-state index in [1.807, 2.05) is 30.7 Å². The molecule has 6 rings (SSSR count). The maximum atomic E-state index is 13.6. The fourth-order valence-electron chi connectivity index (χ4n) is 5.79. The molecule has 0 atom stereocenters. The zero-order valence-electron chi connectivity index (χ0n) is 24.6. The number of aromatic nitrogens is 4. The van der Waals surface area contributed by atoms with Crippen LogP contribution < -0.4 is 10.9 Å². The molecule has 1 aliphatic heterocycles. The Hall–Kier alpha value is -4.88. The lowest BCUT2D eigenvalue weighted by Gasteiger charge is -2.35. The van der Waals surface area contributed by atoms with Gasteiger partial charge in [0, 0.05) is 42.3 Å². The Bertz CT molecular complexity index is 1980. The summed E-state index contributed by atoms with van der Waals surface area (Å²) in [5.41, 5.74) is 3.33. The summed E-state index contributed by atoms with van der Waals surface area (Å²) in [4.78, 5) is 37.4. The van der Waals surface area contributed by atoms with Crippen molar-refractivity contribution in [2.24, 2.45) is 0 Å². The van der Waals surface area contributed by atoms with E-state index in [-0.39, 0.29) is 18.7 Å². The molecule has 1 amide bonds. The van der Waals surface area contributed by atoms with Gasteiger partial charge in [-0.05, 0) is 74.7 Å². The first kappa shape index (κ1) is 29.2. The van der Waals surface area contributed by atoms with Crippen LogP contribution in [0.3, 0.4) is 0 Å². The van der Waals surface area contributed by atoms with Crippen LogP contribution in [0.15, 0.2) is 72.0 Å². The van der Waals surface area contributed by atoms with Gasteiger partial charge in [0.2, 0.25) is 0 Å². The molecule has 10 heteroatoms. The van der Waals surface area contributed by atoms with E-state index in [1.165, 1.54) is 22.9 Å². The molecule has 1 aliphatic rings. The van der Waals surface area contributed by atoms with Crippen molar-refractivity contribution in [2.45, 2.75) is 45.3 Å². The summed E-state index contributed by atoms with van der Waals surface area (Å²) in [6, 6.07) is 13.2. The fraction of sp³-hybridized carbons (Fsp3) is 0.294. The quantitative estimate of drug-likeness (QED) is 0.283. The number of fused-ring (bicyclic) bond motifs is 3. The monoisotopic (exact) mass is 594 g/mol. The zero-order chi connectivity index (χ0) is 30.8. The van der Waals surface area contributed by atoms with Crippen molar-refractivity contribution in [1.82, 2.24) is 29.3 Å². The molecule has 0 spiro atoms. The third-order valence-corrected chi connectivity index (χ3v) is 8.19. The van der Waals surface area contributed by atoms with E-state index in [9.17, 15) is 18.4 Å². The third-order valence-electron chi connectivity index (χ3n) is 8.19. The highest BCUT2D eigenvalue weighted by molar-refractivity contribution is 6.02. The molecule has 0 saturated carbocycles. The minimum Gasteiger partial charge on any atom is -0.341 e. The second kappa shape index (κ2) is 12.4. The first-order valence-electron chi connectivity index (χ1n) is 14.7. The van der Waals surface area contributed by atoms with Crippen LogP contribution in [-0.2, 0) is 6.54 Å². The largest absolute Gasteiger partial charge is 0.341 e. The summed E-state index contributed by atoms with van der Waals surface area (Å²) in [6.07, 6.45) is 7.35. The van der Waals surface area contributed by atoms with Crippen molar-refractivity contribution in [2.75, 3.05) is 19.6 Å². The number of amides is 1. The van der Waals surface area contributed by atoms with Crippen LogP contribution in [0.2, 0.25) is 0 Å². The molecule has 3 aromatic heterocycles. The maximum absolute atomic E-state index is 13.6. The zero-order valence-corrected chi connectivity index (χ0v) is 24.6. The van der Waals surface area contributed by atoms with Gasteiger partial charge < -0.3 is 19.4 Å². The first-order chi connectivity index (χ1) is 21.3. The Morgan fingerprint density at radius 1 is 1.05 bits per heavy atom. The number of likely N-dealkylation sites (tertiary alicyclic amines) is 1. The Morgan fingerprint density at radius 3 is 2.64 bits per heavy atom. The Morgan fingerprint density at radius 2 is 1.86 bits per heavy atom. The predicted octanol–water partition coefficient (Wildman–Crippen LogP) is 4.90. The SMILES string of the molecule is CC(C)N1CCC(n2cnc3cnc4ccc(C#CCNC(=O)c5cccn(Cc6ccc(F)c(F)c6)c5=O)cc4c32)CC1. The molecule has 224 valence electrons. The second-order valence-corrected chi connectivity index (χ2v) is 11.3.